The van der Waals surface area contributed by atoms with E-state index in [1.807, 2.05) is 43.5 Å². The highest BCUT2D eigenvalue weighted by Gasteiger charge is 2.09. The molecule has 30 heavy (non-hydrogen) atoms. The summed E-state index contributed by atoms with van der Waals surface area (Å²) >= 11 is 0. The molecular formula is C25H25N5. The van der Waals surface area contributed by atoms with Crippen LogP contribution in [0.1, 0.15) is 23.7 Å². The number of nitrogens with one attached hydrogen (secondary N) is 2. The Bertz CT molecular complexity index is 1140. The van der Waals surface area contributed by atoms with E-state index in [4.69, 9.17) is 0 Å². The van der Waals surface area contributed by atoms with E-state index in [0.29, 0.717) is 6.54 Å². The molecule has 0 spiro atoms. The average Bonchev–Trinajstić information content (AvgIpc) is 2.79. The lowest BCUT2D eigenvalue weighted by Gasteiger charge is -2.12. The zero-order chi connectivity index (χ0) is 20.8. The normalized spacial score (nSPS) is 10.7. The van der Waals surface area contributed by atoms with Gasteiger partial charge in [-0.15, -0.1) is 5.10 Å². The third-order valence-corrected chi connectivity index (χ3v) is 4.96. The summed E-state index contributed by atoms with van der Waals surface area (Å²) in [5.41, 5.74) is 4.28. The van der Waals surface area contributed by atoms with Gasteiger partial charge in [0.25, 0.3) is 0 Å². The summed E-state index contributed by atoms with van der Waals surface area (Å²) in [5.74, 6) is 1.64. The van der Waals surface area contributed by atoms with Crippen LogP contribution in [-0.4, -0.2) is 28.3 Å². The molecule has 5 heteroatoms. The van der Waals surface area contributed by atoms with E-state index in [9.17, 15) is 0 Å². The number of fused-ring (bicyclic) bond motifs is 1. The first-order chi connectivity index (χ1) is 14.7. The fraction of sp³-hybridized carbons (Fsp3) is 0.160. The number of rotatable bonds is 8. The van der Waals surface area contributed by atoms with Crippen molar-refractivity contribution < 1.29 is 0 Å². The summed E-state index contributed by atoms with van der Waals surface area (Å²) in [6, 6.07) is 22.6. The third kappa shape index (κ3) is 4.63. The van der Waals surface area contributed by atoms with Gasteiger partial charge in [-0.3, -0.25) is 0 Å². The number of nitrogens with zero attached hydrogens (tertiary/aromatic N) is 3. The molecule has 0 saturated heterocycles. The maximum atomic E-state index is 4.51. The average molecular weight is 396 g/mol. The Morgan fingerprint density at radius 3 is 2.30 bits per heavy atom. The lowest BCUT2D eigenvalue weighted by molar-refractivity contribution is 0.945. The minimum Gasteiger partial charge on any atom is -0.368 e. The van der Waals surface area contributed by atoms with Gasteiger partial charge in [-0.1, -0.05) is 61.2 Å². The minimum atomic E-state index is 0.709. The molecule has 2 N–H and O–H groups in total. The molecule has 4 aromatic rings. The van der Waals surface area contributed by atoms with Crippen molar-refractivity contribution >= 4 is 28.0 Å². The smallest absolute Gasteiger partial charge is 0.156 e. The summed E-state index contributed by atoms with van der Waals surface area (Å²) in [5, 5.41) is 17.9. The van der Waals surface area contributed by atoms with Crippen LogP contribution >= 0.6 is 0 Å². The van der Waals surface area contributed by atoms with Gasteiger partial charge in [0.05, 0.1) is 5.69 Å². The van der Waals surface area contributed by atoms with Crippen molar-refractivity contribution in [3.05, 3.63) is 96.3 Å². The van der Waals surface area contributed by atoms with Gasteiger partial charge in [0.15, 0.2) is 5.82 Å². The maximum absolute atomic E-state index is 4.51. The lowest BCUT2D eigenvalue weighted by Crippen LogP contribution is -2.15. The molecule has 0 aliphatic rings. The molecule has 0 atom stereocenters. The Balaban J connectivity index is 1.42. The molecule has 2 aromatic heterocycles. The van der Waals surface area contributed by atoms with Crippen LogP contribution in [0.5, 0.6) is 0 Å². The van der Waals surface area contributed by atoms with E-state index >= 15 is 0 Å². The van der Waals surface area contributed by atoms with Crippen LogP contribution in [0.3, 0.4) is 0 Å². The quantitative estimate of drug-likeness (QED) is 0.403. The first-order valence-electron chi connectivity index (χ1n) is 10.1. The molecule has 0 aliphatic heterocycles. The summed E-state index contributed by atoms with van der Waals surface area (Å²) in [6.07, 6.45) is 2.60. The molecule has 0 radical (unpaired) electrons. The van der Waals surface area contributed by atoms with Crippen molar-refractivity contribution in [2.45, 2.75) is 13.3 Å². The van der Waals surface area contributed by atoms with E-state index < -0.39 is 0 Å². The summed E-state index contributed by atoms with van der Waals surface area (Å²) < 4.78 is 0. The van der Waals surface area contributed by atoms with Crippen LogP contribution in [-0.2, 0) is 6.42 Å². The minimum absolute atomic E-state index is 0.709. The van der Waals surface area contributed by atoms with Gasteiger partial charge < -0.3 is 10.6 Å². The number of aromatic nitrogens is 3. The highest BCUT2D eigenvalue weighted by Crippen LogP contribution is 2.24. The molecule has 0 saturated carbocycles. The SMILES string of the molecule is C=C(C)c1ccc(NCCNc2nnc(Cc3ccccc3)c3ccccc23)nc1. The number of anilines is 2. The van der Waals surface area contributed by atoms with Crippen LogP contribution in [0.4, 0.5) is 11.6 Å². The van der Waals surface area contributed by atoms with Crippen LogP contribution in [0.15, 0.2) is 79.5 Å². The van der Waals surface area contributed by atoms with Crippen molar-refractivity contribution in [1.82, 2.24) is 15.2 Å². The molecule has 5 nitrogen and oxygen atoms in total. The monoisotopic (exact) mass is 395 g/mol. The van der Waals surface area contributed by atoms with Gasteiger partial charge in [-0.2, -0.15) is 5.10 Å². The predicted molar refractivity (Wildman–Crippen MR) is 125 cm³/mol. The molecule has 0 aliphatic carbocycles. The molecule has 0 fully saturated rings. The zero-order valence-electron chi connectivity index (χ0n) is 17.1. The van der Waals surface area contributed by atoms with E-state index in [0.717, 1.165) is 52.2 Å². The van der Waals surface area contributed by atoms with E-state index in [1.54, 1.807) is 0 Å². The topological polar surface area (TPSA) is 62.7 Å². The number of hydrogen-bond acceptors (Lipinski definition) is 5. The predicted octanol–water partition coefficient (Wildman–Crippen LogP) is 5.17. The van der Waals surface area contributed by atoms with Crippen LogP contribution in [0.25, 0.3) is 16.3 Å². The van der Waals surface area contributed by atoms with Crippen molar-refractivity contribution in [2.75, 3.05) is 23.7 Å². The van der Waals surface area contributed by atoms with Crippen LogP contribution in [0, 0.1) is 0 Å². The van der Waals surface area contributed by atoms with E-state index in [1.165, 1.54) is 5.56 Å². The zero-order valence-corrected chi connectivity index (χ0v) is 17.1. The molecule has 0 amide bonds. The second-order valence-electron chi connectivity index (χ2n) is 7.27. The molecule has 4 rings (SSSR count). The Morgan fingerprint density at radius 2 is 1.57 bits per heavy atom. The second-order valence-corrected chi connectivity index (χ2v) is 7.27. The Labute approximate surface area is 176 Å². The molecule has 0 unspecified atom stereocenters. The molecule has 150 valence electrons. The largest absolute Gasteiger partial charge is 0.368 e. The maximum Gasteiger partial charge on any atom is 0.156 e. The van der Waals surface area contributed by atoms with Gasteiger partial charge in [0, 0.05) is 36.5 Å². The van der Waals surface area contributed by atoms with E-state index in [2.05, 4.69) is 68.8 Å². The second kappa shape index (κ2) is 9.18. The summed E-state index contributed by atoms with van der Waals surface area (Å²) in [7, 11) is 0. The van der Waals surface area contributed by atoms with Gasteiger partial charge in [0.2, 0.25) is 0 Å². The Hall–Kier alpha value is -3.73. The number of hydrogen-bond donors (Lipinski definition) is 2. The Kier molecular flexibility index (Phi) is 5.99. The molecule has 2 aromatic carbocycles. The highest BCUT2D eigenvalue weighted by molar-refractivity contribution is 5.93. The summed E-state index contributed by atoms with van der Waals surface area (Å²) in [6.45, 7) is 7.34. The van der Waals surface area contributed by atoms with Gasteiger partial charge in [-0.25, -0.2) is 4.98 Å². The fourth-order valence-corrected chi connectivity index (χ4v) is 3.33. The molecular weight excluding hydrogens is 370 g/mol. The van der Waals surface area contributed by atoms with Gasteiger partial charge in [-0.05, 0) is 35.8 Å². The van der Waals surface area contributed by atoms with Crippen molar-refractivity contribution in [2.24, 2.45) is 0 Å². The van der Waals surface area contributed by atoms with Gasteiger partial charge >= 0.3 is 0 Å². The van der Waals surface area contributed by atoms with Crippen LogP contribution < -0.4 is 10.6 Å². The standard InChI is InChI=1S/C25H25N5/c1-18(2)20-12-13-24(28-17-20)26-14-15-27-25-22-11-7-6-10-21(22)23(29-30-25)16-19-8-4-3-5-9-19/h3-13,17H,1,14-16H2,2H3,(H,26,28)(H,27,30). The lowest BCUT2D eigenvalue weighted by atomic mass is 10.0. The van der Waals surface area contributed by atoms with Crippen molar-refractivity contribution in [3.63, 3.8) is 0 Å². The number of allylic oxidation sites excluding steroid dienone is 1. The molecule has 2 heterocycles. The number of benzene rings is 2. The van der Waals surface area contributed by atoms with Crippen molar-refractivity contribution in [1.29, 1.82) is 0 Å². The Morgan fingerprint density at radius 1 is 0.833 bits per heavy atom. The third-order valence-electron chi connectivity index (χ3n) is 4.96. The van der Waals surface area contributed by atoms with Crippen molar-refractivity contribution in [3.8, 4) is 0 Å². The first-order valence-corrected chi connectivity index (χ1v) is 10.1. The van der Waals surface area contributed by atoms with Gasteiger partial charge in [0.1, 0.15) is 5.82 Å². The number of pyridine rings is 1. The van der Waals surface area contributed by atoms with E-state index in [-0.39, 0.29) is 0 Å². The highest BCUT2D eigenvalue weighted by atomic mass is 15.2. The summed E-state index contributed by atoms with van der Waals surface area (Å²) in [4.78, 5) is 4.42. The fourth-order valence-electron chi connectivity index (χ4n) is 3.33. The van der Waals surface area contributed by atoms with Crippen LogP contribution in [0.2, 0.25) is 0 Å². The molecule has 0 bridgehead atoms. The first kappa shape index (κ1) is 19.6.